The van der Waals surface area contributed by atoms with Crippen molar-refractivity contribution in [1.29, 1.82) is 0 Å². The summed E-state index contributed by atoms with van der Waals surface area (Å²) in [6, 6.07) is 14.0. The molecule has 2 aromatic carbocycles. The zero-order chi connectivity index (χ0) is 13.7. The molecule has 0 aliphatic rings. The highest BCUT2D eigenvalue weighted by molar-refractivity contribution is 5.95. The first kappa shape index (κ1) is 12.8. The summed E-state index contributed by atoms with van der Waals surface area (Å²) in [6.45, 7) is 1.89. The van der Waals surface area contributed by atoms with Crippen LogP contribution in [0, 0.1) is 6.92 Å². The first-order valence-electron chi connectivity index (χ1n) is 5.85. The van der Waals surface area contributed by atoms with Crippen LogP contribution in [-0.4, -0.2) is 17.2 Å². The van der Waals surface area contributed by atoms with E-state index in [0.717, 1.165) is 5.56 Å². The monoisotopic (exact) mass is 254 g/mol. The maximum Gasteiger partial charge on any atom is 0.271 e. The smallest absolute Gasteiger partial charge is 0.271 e. The number of hydrogen-bond donors (Lipinski definition) is 2. The van der Waals surface area contributed by atoms with E-state index in [1.165, 1.54) is 6.21 Å². The zero-order valence-electron chi connectivity index (χ0n) is 10.5. The molecule has 0 fully saturated rings. The number of hydrogen-bond acceptors (Lipinski definition) is 3. The van der Waals surface area contributed by atoms with Gasteiger partial charge in [0.05, 0.1) is 6.21 Å². The van der Waals surface area contributed by atoms with Crippen LogP contribution in [0.4, 0.5) is 0 Å². The first-order chi connectivity index (χ1) is 9.16. The van der Waals surface area contributed by atoms with Crippen molar-refractivity contribution >= 4 is 12.1 Å². The van der Waals surface area contributed by atoms with E-state index in [1.807, 2.05) is 19.1 Å². The molecule has 4 nitrogen and oxygen atoms in total. The largest absolute Gasteiger partial charge is 0.507 e. The zero-order valence-corrected chi connectivity index (χ0v) is 10.5. The molecule has 0 unspecified atom stereocenters. The molecule has 0 heterocycles. The number of nitrogens with zero attached hydrogens (tertiary/aromatic N) is 1. The number of nitrogens with one attached hydrogen (secondary N) is 1. The van der Waals surface area contributed by atoms with Gasteiger partial charge in [0.1, 0.15) is 5.75 Å². The standard InChI is InChI=1S/C15H14N2O2/c1-11-7-8-13(14(18)9-11)10-16-17-15(19)12-5-3-2-4-6-12/h2-10,18H,1H3,(H,17,19)/b16-10-. The van der Waals surface area contributed by atoms with Gasteiger partial charge in [-0.1, -0.05) is 24.3 Å². The van der Waals surface area contributed by atoms with E-state index in [9.17, 15) is 9.90 Å². The Hall–Kier alpha value is -2.62. The highest BCUT2D eigenvalue weighted by Gasteiger charge is 2.02. The summed E-state index contributed by atoms with van der Waals surface area (Å²) in [5.74, 6) is -0.152. The van der Waals surface area contributed by atoms with Gasteiger partial charge in [-0.2, -0.15) is 5.10 Å². The van der Waals surface area contributed by atoms with E-state index in [2.05, 4.69) is 10.5 Å². The maximum absolute atomic E-state index is 11.7. The average Bonchev–Trinajstić information content (AvgIpc) is 2.42. The van der Waals surface area contributed by atoms with Gasteiger partial charge in [0, 0.05) is 11.1 Å². The molecule has 2 aromatic rings. The Morgan fingerprint density at radius 3 is 2.63 bits per heavy atom. The van der Waals surface area contributed by atoms with Crippen LogP contribution in [0.2, 0.25) is 0 Å². The lowest BCUT2D eigenvalue weighted by Gasteiger charge is -2.01. The number of benzene rings is 2. The fourth-order valence-corrected chi connectivity index (χ4v) is 1.58. The van der Waals surface area contributed by atoms with Crippen LogP contribution in [0.1, 0.15) is 21.5 Å². The molecular formula is C15H14N2O2. The van der Waals surface area contributed by atoms with Crippen LogP contribution in [0.25, 0.3) is 0 Å². The van der Waals surface area contributed by atoms with Gasteiger partial charge in [0.15, 0.2) is 0 Å². The minimum absolute atomic E-state index is 0.137. The summed E-state index contributed by atoms with van der Waals surface area (Å²) in [4.78, 5) is 11.7. The van der Waals surface area contributed by atoms with Crippen molar-refractivity contribution in [3.05, 3.63) is 65.2 Å². The van der Waals surface area contributed by atoms with Crippen molar-refractivity contribution in [1.82, 2.24) is 5.43 Å². The number of aryl methyl sites for hydroxylation is 1. The van der Waals surface area contributed by atoms with E-state index in [-0.39, 0.29) is 11.7 Å². The van der Waals surface area contributed by atoms with Gasteiger partial charge in [0.2, 0.25) is 0 Å². The van der Waals surface area contributed by atoms with Crippen LogP contribution >= 0.6 is 0 Å². The van der Waals surface area contributed by atoms with Gasteiger partial charge in [-0.3, -0.25) is 4.79 Å². The topological polar surface area (TPSA) is 61.7 Å². The summed E-state index contributed by atoms with van der Waals surface area (Å²) in [5, 5.41) is 13.5. The van der Waals surface area contributed by atoms with Crippen molar-refractivity contribution in [3.63, 3.8) is 0 Å². The van der Waals surface area contributed by atoms with Gasteiger partial charge >= 0.3 is 0 Å². The molecule has 0 bridgehead atoms. The fourth-order valence-electron chi connectivity index (χ4n) is 1.58. The maximum atomic E-state index is 11.7. The van der Waals surface area contributed by atoms with Crippen molar-refractivity contribution in [2.75, 3.05) is 0 Å². The minimum atomic E-state index is -0.288. The van der Waals surface area contributed by atoms with E-state index in [4.69, 9.17) is 0 Å². The molecule has 0 saturated heterocycles. The predicted octanol–water partition coefficient (Wildman–Crippen LogP) is 2.46. The molecule has 2 N–H and O–H groups in total. The molecule has 0 radical (unpaired) electrons. The van der Waals surface area contributed by atoms with Crippen LogP contribution < -0.4 is 5.43 Å². The summed E-state index contributed by atoms with van der Waals surface area (Å²) in [6.07, 6.45) is 1.41. The normalized spacial score (nSPS) is 10.6. The second-order valence-corrected chi connectivity index (χ2v) is 4.13. The van der Waals surface area contributed by atoms with Crippen LogP contribution in [0.15, 0.2) is 53.6 Å². The second kappa shape index (κ2) is 5.82. The molecule has 2 rings (SSSR count). The Bertz CT molecular complexity index is 607. The Kier molecular flexibility index (Phi) is 3.93. The molecule has 0 aliphatic carbocycles. The van der Waals surface area contributed by atoms with E-state index < -0.39 is 0 Å². The lowest BCUT2D eigenvalue weighted by atomic mass is 10.1. The van der Waals surface area contributed by atoms with Crippen LogP contribution in [0.5, 0.6) is 5.75 Å². The predicted molar refractivity (Wildman–Crippen MR) is 74.3 cm³/mol. The average molecular weight is 254 g/mol. The van der Waals surface area contributed by atoms with Crippen molar-refractivity contribution in [2.24, 2.45) is 5.10 Å². The fraction of sp³-hybridized carbons (Fsp3) is 0.0667. The van der Waals surface area contributed by atoms with E-state index in [0.29, 0.717) is 11.1 Å². The van der Waals surface area contributed by atoms with Crippen LogP contribution in [-0.2, 0) is 0 Å². The summed E-state index contributed by atoms with van der Waals surface area (Å²) in [7, 11) is 0. The Labute approximate surface area is 111 Å². The highest BCUT2D eigenvalue weighted by atomic mass is 16.3. The molecule has 19 heavy (non-hydrogen) atoms. The van der Waals surface area contributed by atoms with Crippen molar-refractivity contribution < 1.29 is 9.90 Å². The van der Waals surface area contributed by atoms with E-state index >= 15 is 0 Å². The highest BCUT2D eigenvalue weighted by Crippen LogP contribution is 2.15. The molecule has 0 aromatic heterocycles. The van der Waals surface area contributed by atoms with Crippen molar-refractivity contribution in [2.45, 2.75) is 6.92 Å². The van der Waals surface area contributed by atoms with Gasteiger partial charge in [-0.05, 0) is 36.8 Å². The number of phenolic OH excluding ortho intramolecular Hbond substituents is 1. The molecule has 1 amide bonds. The Balaban J connectivity index is 2.02. The van der Waals surface area contributed by atoms with E-state index in [1.54, 1.807) is 36.4 Å². The van der Waals surface area contributed by atoms with Crippen molar-refractivity contribution in [3.8, 4) is 5.75 Å². The third-order valence-corrected chi connectivity index (χ3v) is 2.59. The van der Waals surface area contributed by atoms with Gasteiger partial charge in [0.25, 0.3) is 5.91 Å². The summed E-state index contributed by atoms with van der Waals surface area (Å²) < 4.78 is 0. The van der Waals surface area contributed by atoms with Gasteiger partial charge < -0.3 is 5.11 Å². The SMILES string of the molecule is Cc1ccc(/C=N\NC(=O)c2ccccc2)c(O)c1. The molecule has 96 valence electrons. The third-order valence-electron chi connectivity index (χ3n) is 2.59. The number of carbonyl (C=O) groups is 1. The summed E-state index contributed by atoms with van der Waals surface area (Å²) in [5.41, 5.74) is 4.46. The third kappa shape index (κ3) is 3.42. The lowest BCUT2D eigenvalue weighted by molar-refractivity contribution is 0.0955. The quantitative estimate of drug-likeness (QED) is 0.653. The Morgan fingerprint density at radius 1 is 1.21 bits per heavy atom. The van der Waals surface area contributed by atoms with Gasteiger partial charge in [-0.25, -0.2) is 5.43 Å². The number of aromatic hydroxyl groups is 1. The molecule has 0 spiro atoms. The number of amides is 1. The molecule has 0 atom stereocenters. The second-order valence-electron chi connectivity index (χ2n) is 4.13. The molecule has 0 saturated carbocycles. The summed E-state index contributed by atoms with van der Waals surface area (Å²) >= 11 is 0. The van der Waals surface area contributed by atoms with Gasteiger partial charge in [-0.15, -0.1) is 0 Å². The van der Waals surface area contributed by atoms with Crippen LogP contribution in [0.3, 0.4) is 0 Å². The first-order valence-corrected chi connectivity index (χ1v) is 5.85. The minimum Gasteiger partial charge on any atom is -0.507 e. The number of carbonyl (C=O) groups excluding carboxylic acids is 1. The number of rotatable bonds is 3. The molecule has 0 aliphatic heterocycles. The number of hydrazone groups is 1. The number of phenols is 1. The molecule has 4 heteroatoms. The Morgan fingerprint density at radius 2 is 1.95 bits per heavy atom. The molecular weight excluding hydrogens is 240 g/mol. The lowest BCUT2D eigenvalue weighted by Crippen LogP contribution is -2.17.